The van der Waals surface area contributed by atoms with Crippen molar-refractivity contribution in [2.75, 3.05) is 42.5 Å². The van der Waals surface area contributed by atoms with Crippen LogP contribution in [0.15, 0.2) is 84.9 Å². The first-order chi connectivity index (χ1) is 14.2. The van der Waals surface area contributed by atoms with Crippen LogP contribution in [0.3, 0.4) is 0 Å². The third-order valence-corrected chi connectivity index (χ3v) is 5.20. The van der Waals surface area contributed by atoms with Gasteiger partial charge in [0.05, 0.1) is 6.54 Å². The van der Waals surface area contributed by atoms with E-state index in [4.69, 9.17) is 0 Å². The van der Waals surface area contributed by atoms with Gasteiger partial charge in [0.2, 0.25) is 5.91 Å². The molecule has 1 saturated heterocycles. The van der Waals surface area contributed by atoms with Gasteiger partial charge in [0, 0.05) is 43.2 Å². The summed E-state index contributed by atoms with van der Waals surface area (Å²) >= 11 is 0. The van der Waals surface area contributed by atoms with Gasteiger partial charge in [0.1, 0.15) is 5.82 Å². The Hall–Kier alpha value is -3.18. The van der Waals surface area contributed by atoms with Crippen LogP contribution in [0.5, 0.6) is 0 Å². The highest BCUT2D eigenvalue weighted by atomic mass is 19.1. The van der Waals surface area contributed by atoms with E-state index in [1.807, 2.05) is 72.8 Å². The van der Waals surface area contributed by atoms with Crippen molar-refractivity contribution in [2.45, 2.75) is 0 Å². The van der Waals surface area contributed by atoms with E-state index in [1.165, 1.54) is 12.1 Å². The fraction of sp³-hybridized carbons (Fsp3) is 0.208. The molecule has 29 heavy (non-hydrogen) atoms. The first-order valence-corrected chi connectivity index (χ1v) is 9.86. The van der Waals surface area contributed by atoms with Crippen LogP contribution in [0.2, 0.25) is 0 Å². The minimum Gasteiger partial charge on any atom is -0.369 e. The largest absolute Gasteiger partial charge is 0.369 e. The van der Waals surface area contributed by atoms with Crippen molar-refractivity contribution in [3.63, 3.8) is 0 Å². The predicted molar refractivity (Wildman–Crippen MR) is 115 cm³/mol. The monoisotopic (exact) mass is 389 g/mol. The van der Waals surface area contributed by atoms with Crippen molar-refractivity contribution in [3.8, 4) is 0 Å². The highest BCUT2D eigenvalue weighted by Crippen LogP contribution is 2.25. The smallest absolute Gasteiger partial charge is 0.245 e. The van der Waals surface area contributed by atoms with Crippen LogP contribution in [0.1, 0.15) is 0 Å². The molecule has 0 spiro atoms. The topological polar surface area (TPSA) is 26.8 Å². The van der Waals surface area contributed by atoms with Gasteiger partial charge in [0.15, 0.2) is 0 Å². The number of hydrogen-bond donors (Lipinski definition) is 0. The molecule has 0 aromatic heterocycles. The van der Waals surface area contributed by atoms with Crippen LogP contribution in [-0.2, 0) is 4.79 Å². The Bertz CT molecular complexity index is 884. The molecular weight excluding hydrogens is 365 g/mol. The van der Waals surface area contributed by atoms with E-state index in [9.17, 15) is 9.18 Å². The van der Waals surface area contributed by atoms with Crippen LogP contribution < -0.4 is 9.80 Å². The molecule has 1 amide bonds. The second-order valence-electron chi connectivity index (χ2n) is 7.14. The molecule has 0 N–H and O–H groups in total. The van der Waals surface area contributed by atoms with Crippen molar-refractivity contribution in [2.24, 2.45) is 0 Å². The van der Waals surface area contributed by atoms with Gasteiger partial charge in [-0.1, -0.05) is 36.4 Å². The summed E-state index contributed by atoms with van der Waals surface area (Å²) in [6.07, 6.45) is 0. The molecule has 4 nitrogen and oxygen atoms in total. The number of anilines is 3. The first-order valence-electron chi connectivity index (χ1n) is 9.86. The number of carbonyl (C=O) groups excluding carboxylic acids is 1. The summed E-state index contributed by atoms with van der Waals surface area (Å²) in [7, 11) is 0. The van der Waals surface area contributed by atoms with Crippen molar-refractivity contribution in [1.29, 1.82) is 0 Å². The highest BCUT2D eigenvalue weighted by molar-refractivity contribution is 6.01. The summed E-state index contributed by atoms with van der Waals surface area (Å²) in [6.45, 7) is 3.58. The lowest BCUT2D eigenvalue weighted by Crippen LogP contribution is -2.49. The maximum atomic E-state index is 13.2. The summed E-state index contributed by atoms with van der Waals surface area (Å²) in [4.78, 5) is 19.4. The number of piperazine rings is 1. The summed E-state index contributed by atoms with van der Waals surface area (Å²) in [6, 6.07) is 26.1. The Morgan fingerprint density at radius 3 is 1.79 bits per heavy atom. The number of amides is 1. The van der Waals surface area contributed by atoms with Gasteiger partial charge in [0.25, 0.3) is 0 Å². The molecule has 148 valence electrons. The lowest BCUT2D eigenvalue weighted by molar-refractivity contribution is -0.119. The lowest BCUT2D eigenvalue weighted by atomic mass is 10.2. The summed E-state index contributed by atoms with van der Waals surface area (Å²) in [5, 5.41) is 0. The highest BCUT2D eigenvalue weighted by Gasteiger charge is 2.23. The van der Waals surface area contributed by atoms with Crippen LogP contribution in [0.4, 0.5) is 21.5 Å². The average Bonchev–Trinajstić information content (AvgIpc) is 2.77. The third kappa shape index (κ3) is 4.63. The second-order valence-corrected chi connectivity index (χ2v) is 7.14. The Kier molecular flexibility index (Phi) is 5.86. The number of benzene rings is 3. The number of hydrogen-bond acceptors (Lipinski definition) is 3. The Labute approximate surface area is 170 Å². The lowest BCUT2D eigenvalue weighted by Gasteiger charge is -2.36. The van der Waals surface area contributed by atoms with Crippen molar-refractivity contribution in [1.82, 2.24) is 4.90 Å². The molecule has 1 aliphatic heterocycles. The molecule has 0 radical (unpaired) electrons. The molecule has 0 bridgehead atoms. The van der Waals surface area contributed by atoms with Gasteiger partial charge < -0.3 is 4.90 Å². The zero-order chi connectivity index (χ0) is 20.1. The van der Waals surface area contributed by atoms with Crippen LogP contribution in [0.25, 0.3) is 0 Å². The molecule has 5 heteroatoms. The summed E-state index contributed by atoms with van der Waals surface area (Å²) in [5.41, 5.74) is 2.76. The third-order valence-electron chi connectivity index (χ3n) is 5.20. The fourth-order valence-electron chi connectivity index (χ4n) is 3.67. The molecule has 0 atom stereocenters. The van der Waals surface area contributed by atoms with Crippen molar-refractivity contribution >= 4 is 23.0 Å². The fourth-order valence-corrected chi connectivity index (χ4v) is 3.67. The Morgan fingerprint density at radius 2 is 1.28 bits per heavy atom. The van der Waals surface area contributed by atoms with E-state index < -0.39 is 0 Å². The molecule has 1 aliphatic rings. The van der Waals surface area contributed by atoms with Gasteiger partial charge in [-0.3, -0.25) is 14.6 Å². The number of rotatable bonds is 5. The maximum absolute atomic E-state index is 13.2. The van der Waals surface area contributed by atoms with Gasteiger partial charge in [-0.05, 0) is 48.5 Å². The number of carbonyl (C=O) groups is 1. The Morgan fingerprint density at radius 1 is 0.759 bits per heavy atom. The maximum Gasteiger partial charge on any atom is 0.245 e. The summed E-state index contributed by atoms with van der Waals surface area (Å²) < 4.78 is 13.1. The van der Waals surface area contributed by atoms with E-state index in [2.05, 4.69) is 9.80 Å². The molecule has 0 aliphatic carbocycles. The van der Waals surface area contributed by atoms with Gasteiger partial charge >= 0.3 is 0 Å². The van der Waals surface area contributed by atoms with E-state index in [0.29, 0.717) is 6.54 Å². The standard InChI is InChI=1S/C24H24FN3O/c25-20-11-13-21(14-12-20)27-17-15-26(16-18-27)19-24(29)28(22-7-3-1-4-8-22)23-9-5-2-6-10-23/h1-14H,15-19H2. The second kappa shape index (κ2) is 8.88. The molecule has 0 saturated carbocycles. The number of para-hydroxylation sites is 2. The predicted octanol–water partition coefficient (Wildman–Crippen LogP) is 4.31. The van der Waals surface area contributed by atoms with Crippen LogP contribution in [-0.4, -0.2) is 43.5 Å². The Balaban J connectivity index is 1.43. The molecule has 1 fully saturated rings. The van der Waals surface area contributed by atoms with Crippen LogP contribution >= 0.6 is 0 Å². The van der Waals surface area contributed by atoms with Gasteiger partial charge in [-0.25, -0.2) is 4.39 Å². The van der Waals surface area contributed by atoms with Gasteiger partial charge in [-0.2, -0.15) is 0 Å². The zero-order valence-corrected chi connectivity index (χ0v) is 16.2. The van der Waals surface area contributed by atoms with Crippen LogP contribution in [0, 0.1) is 5.82 Å². The molecule has 3 aromatic carbocycles. The first kappa shape index (κ1) is 19.2. The van der Waals surface area contributed by atoms with Crippen molar-refractivity contribution in [3.05, 3.63) is 90.7 Å². The minimum absolute atomic E-state index is 0.0534. The molecule has 1 heterocycles. The van der Waals surface area contributed by atoms with Gasteiger partial charge in [-0.15, -0.1) is 0 Å². The minimum atomic E-state index is -0.222. The number of halogens is 1. The average molecular weight is 389 g/mol. The van der Waals surface area contributed by atoms with E-state index >= 15 is 0 Å². The van der Waals surface area contributed by atoms with E-state index in [1.54, 1.807) is 4.90 Å². The van der Waals surface area contributed by atoms with E-state index in [-0.39, 0.29) is 11.7 Å². The SMILES string of the molecule is O=C(CN1CCN(c2ccc(F)cc2)CC1)N(c1ccccc1)c1ccccc1. The molecule has 4 rings (SSSR count). The molecular formula is C24H24FN3O. The molecule has 3 aromatic rings. The van der Waals surface area contributed by atoms with E-state index in [0.717, 1.165) is 43.2 Å². The summed E-state index contributed by atoms with van der Waals surface area (Å²) in [5.74, 6) is -0.169. The normalized spacial score (nSPS) is 14.6. The van der Waals surface area contributed by atoms with Crippen molar-refractivity contribution < 1.29 is 9.18 Å². The quantitative estimate of drug-likeness (QED) is 0.651. The molecule has 0 unspecified atom stereocenters. The number of nitrogens with zero attached hydrogens (tertiary/aromatic N) is 3. The zero-order valence-electron chi connectivity index (χ0n) is 16.2.